The maximum atomic E-state index is 12.6. The largest absolute Gasteiger partial charge is 0.456 e. The summed E-state index contributed by atoms with van der Waals surface area (Å²) in [4.78, 5) is 16.8. The van der Waals surface area contributed by atoms with Gasteiger partial charge in [-0.05, 0) is 78.8 Å². The average Bonchev–Trinajstić information content (AvgIpc) is 3.18. The normalized spacial score (nSPS) is 16.5. The van der Waals surface area contributed by atoms with Crippen LogP contribution in [0.1, 0.15) is 90.5 Å². The van der Waals surface area contributed by atoms with Crippen molar-refractivity contribution in [1.82, 2.24) is 15.2 Å². The molecule has 0 spiro atoms. The molecular weight excluding hydrogens is 400 g/mol. The summed E-state index contributed by atoms with van der Waals surface area (Å²) >= 11 is 0. The molecule has 1 aliphatic rings. The molecule has 0 saturated carbocycles. The van der Waals surface area contributed by atoms with E-state index < -0.39 is 0 Å². The van der Waals surface area contributed by atoms with Crippen molar-refractivity contribution in [2.24, 2.45) is 0 Å². The molecule has 2 heterocycles. The van der Waals surface area contributed by atoms with Crippen LogP contribution >= 0.6 is 0 Å². The van der Waals surface area contributed by atoms with Gasteiger partial charge in [-0.15, -0.1) is 5.10 Å². The van der Waals surface area contributed by atoms with E-state index >= 15 is 0 Å². The first kappa shape index (κ1) is 22.2. The van der Waals surface area contributed by atoms with Gasteiger partial charge in [0.05, 0.1) is 11.4 Å². The highest BCUT2D eigenvalue weighted by atomic mass is 16.3. The summed E-state index contributed by atoms with van der Waals surface area (Å²) < 4.78 is 5.88. The SMILES string of the molecule is Cc1cc2c(cc1Cc1ccc(C(=O)Nc3nnc(C)c(C)n3)o1)C(C)(C)CCC2(C)C. The number of carbonyl (C=O) groups is 1. The molecule has 0 unspecified atom stereocenters. The van der Waals surface area contributed by atoms with Crippen LogP contribution < -0.4 is 5.32 Å². The minimum Gasteiger partial charge on any atom is -0.456 e. The molecule has 32 heavy (non-hydrogen) atoms. The molecule has 0 fully saturated rings. The molecule has 1 aromatic carbocycles. The highest BCUT2D eigenvalue weighted by Gasteiger charge is 2.37. The van der Waals surface area contributed by atoms with Gasteiger partial charge in [-0.2, -0.15) is 5.10 Å². The fourth-order valence-electron chi connectivity index (χ4n) is 4.41. The van der Waals surface area contributed by atoms with Crippen LogP contribution in [0.25, 0.3) is 0 Å². The lowest BCUT2D eigenvalue weighted by Crippen LogP contribution is -2.34. The number of nitrogens with zero attached hydrogens (tertiary/aromatic N) is 3. The maximum absolute atomic E-state index is 12.6. The second-order valence-corrected chi connectivity index (χ2v) is 10.3. The van der Waals surface area contributed by atoms with Gasteiger partial charge in [-0.1, -0.05) is 39.8 Å². The van der Waals surface area contributed by atoms with Crippen LogP contribution in [-0.4, -0.2) is 21.1 Å². The van der Waals surface area contributed by atoms with Gasteiger partial charge in [0.2, 0.25) is 5.95 Å². The lowest BCUT2D eigenvalue weighted by atomic mass is 9.62. The van der Waals surface area contributed by atoms with Crippen LogP contribution in [0.2, 0.25) is 0 Å². The Bertz CT molecular complexity index is 1190. The van der Waals surface area contributed by atoms with E-state index in [9.17, 15) is 4.79 Å². The highest BCUT2D eigenvalue weighted by Crippen LogP contribution is 2.46. The van der Waals surface area contributed by atoms with E-state index in [2.05, 4.69) is 67.2 Å². The summed E-state index contributed by atoms with van der Waals surface area (Å²) in [5.41, 5.74) is 7.18. The van der Waals surface area contributed by atoms with E-state index in [4.69, 9.17) is 4.42 Å². The minimum atomic E-state index is -0.383. The number of aromatic nitrogens is 3. The van der Waals surface area contributed by atoms with Crippen LogP contribution in [0.4, 0.5) is 5.95 Å². The quantitative estimate of drug-likeness (QED) is 0.582. The summed E-state index contributed by atoms with van der Waals surface area (Å²) in [6, 6.07) is 8.26. The molecule has 1 amide bonds. The second-order valence-electron chi connectivity index (χ2n) is 10.3. The van der Waals surface area contributed by atoms with Crippen LogP contribution in [0.3, 0.4) is 0 Å². The zero-order chi connectivity index (χ0) is 23.3. The monoisotopic (exact) mass is 432 g/mol. The molecule has 0 radical (unpaired) electrons. The second kappa shape index (κ2) is 7.84. The third-order valence-corrected chi connectivity index (χ3v) is 6.88. The average molecular weight is 433 g/mol. The molecule has 6 nitrogen and oxygen atoms in total. The molecule has 4 rings (SSSR count). The number of carbonyl (C=O) groups excluding carboxylic acids is 1. The van der Waals surface area contributed by atoms with E-state index in [0.717, 1.165) is 17.1 Å². The molecule has 0 bridgehead atoms. The molecular formula is C26H32N4O2. The van der Waals surface area contributed by atoms with E-state index in [-0.39, 0.29) is 28.4 Å². The number of aryl methyl sites for hydroxylation is 3. The summed E-state index contributed by atoms with van der Waals surface area (Å²) in [7, 11) is 0. The number of fused-ring (bicyclic) bond motifs is 1. The third kappa shape index (κ3) is 4.18. The Morgan fingerprint density at radius 1 is 0.969 bits per heavy atom. The van der Waals surface area contributed by atoms with Gasteiger partial charge in [0.1, 0.15) is 5.76 Å². The van der Waals surface area contributed by atoms with Gasteiger partial charge >= 0.3 is 0 Å². The lowest BCUT2D eigenvalue weighted by Gasteiger charge is -2.42. The van der Waals surface area contributed by atoms with Gasteiger partial charge in [0, 0.05) is 6.42 Å². The number of hydrogen-bond acceptors (Lipinski definition) is 5. The summed E-state index contributed by atoms with van der Waals surface area (Å²) in [5.74, 6) is 0.780. The van der Waals surface area contributed by atoms with Crippen molar-refractivity contribution >= 4 is 11.9 Å². The van der Waals surface area contributed by atoms with Crippen molar-refractivity contribution in [1.29, 1.82) is 0 Å². The predicted octanol–water partition coefficient (Wildman–Crippen LogP) is 5.58. The molecule has 6 heteroatoms. The Morgan fingerprint density at radius 3 is 2.28 bits per heavy atom. The van der Waals surface area contributed by atoms with Crippen LogP contribution in [-0.2, 0) is 17.3 Å². The fourth-order valence-corrected chi connectivity index (χ4v) is 4.41. The summed E-state index contributed by atoms with van der Waals surface area (Å²) in [6.45, 7) is 15.2. The van der Waals surface area contributed by atoms with Crippen molar-refractivity contribution in [3.63, 3.8) is 0 Å². The molecule has 1 aliphatic carbocycles. The molecule has 168 valence electrons. The topological polar surface area (TPSA) is 80.9 Å². The van der Waals surface area contributed by atoms with Gasteiger partial charge in [-0.3, -0.25) is 10.1 Å². The molecule has 0 aliphatic heterocycles. The van der Waals surface area contributed by atoms with Crippen LogP contribution in [0, 0.1) is 20.8 Å². The van der Waals surface area contributed by atoms with E-state index in [1.807, 2.05) is 19.9 Å². The Balaban J connectivity index is 1.56. The van der Waals surface area contributed by atoms with Crippen LogP contribution in [0.5, 0.6) is 0 Å². The molecule has 2 aromatic heterocycles. The van der Waals surface area contributed by atoms with Gasteiger partial charge < -0.3 is 4.42 Å². The summed E-state index contributed by atoms with van der Waals surface area (Å²) in [6.07, 6.45) is 3.02. The smallest absolute Gasteiger partial charge is 0.293 e. The van der Waals surface area contributed by atoms with Gasteiger partial charge in [-0.25, -0.2) is 4.98 Å². The predicted molar refractivity (Wildman–Crippen MR) is 125 cm³/mol. The first-order chi connectivity index (χ1) is 15.0. The number of nitrogens with one attached hydrogen (secondary N) is 1. The van der Waals surface area contributed by atoms with E-state index in [1.54, 1.807) is 6.07 Å². The zero-order valence-electron chi connectivity index (χ0n) is 20.1. The Hall–Kier alpha value is -3.02. The number of amides is 1. The maximum Gasteiger partial charge on any atom is 0.293 e. The number of benzene rings is 1. The van der Waals surface area contributed by atoms with E-state index in [0.29, 0.717) is 6.42 Å². The van der Waals surface area contributed by atoms with Crippen LogP contribution in [0.15, 0.2) is 28.7 Å². The first-order valence-corrected chi connectivity index (χ1v) is 11.2. The van der Waals surface area contributed by atoms with Crippen molar-refractivity contribution in [2.75, 3.05) is 5.32 Å². The van der Waals surface area contributed by atoms with Gasteiger partial charge in [0.25, 0.3) is 5.91 Å². The molecule has 3 aromatic rings. The highest BCUT2D eigenvalue weighted by molar-refractivity contribution is 6.01. The third-order valence-electron chi connectivity index (χ3n) is 6.88. The summed E-state index contributed by atoms with van der Waals surface area (Å²) in [5, 5.41) is 10.6. The van der Waals surface area contributed by atoms with Crippen molar-refractivity contribution < 1.29 is 9.21 Å². The van der Waals surface area contributed by atoms with Gasteiger partial charge in [0.15, 0.2) is 5.76 Å². The standard InChI is InChI=1S/C26H32N4O2/c1-15-12-20-21(26(6,7)11-10-25(20,4)5)14-18(15)13-19-8-9-22(32-19)23(31)28-24-27-16(2)17(3)29-30-24/h8-9,12,14H,10-11,13H2,1-7H3,(H,27,28,30,31). The Kier molecular flexibility index (Phi) is 5.43. The van der Waals surface area contributed by atoms with Crippen molar-refractivity contribution in [2.45, 2.75) is 78.6 Å². The van der Waals surface area contributed by atoms with E-state index in [1.165, 1.54) is 35.1 Å². The lowest BCUT2D eigenvalue weighted by molar-refractivity contribution is 0.0994. The molecule has 0 saturated heterocycles. The van der Waals surface area contributed by atoms with Crippen molar-refractivity contribution in [3.8, 4) is 0 Å². The number of anilines is 1. The molecule has 1 N–H and O–H groups in total. The number of hydrogen-bond donors (Lipinski definition) is 1. The minimum absolute atomic E-state index is 0.154. The zero-order valence-corrected chi connectivity index (χ0v) is 20.1. The number of rotatable bonds is 4. The number of furan rings is 1. The molecule has 0 atom stereocenters. The Morgan fingerprint density at radius 2 is 1.62 bits per heavy atom. The van der Waals surface area contributed by atoms with Crippen molar-refractivity contribution in [3.05, 3.63) is 69.4 Å². The fraction of sp³-hybridized carbons (Fsp3) is 0.462. The first-order valence-electron chi connectivity index (χ1n) is 11.2. The Labute approximate surface area is 189 Å².